The third-order valence-electron chi connectivity index (χ3n) is 4.48. The highest BCUT2D eigenvalue weighted by Crippen LogP contribution is 2.27. The van der Waals surface area contributed by atoms with Gasteiger partial charge in [-0.25, -0.2) is 4.98 Å². The van der Waals surface area contributed by atoms with Crippen LogP contribution in [-0.4, -0.2) is 28.2 Å². The Bertz CT molecular complexity index is 925. The first-order chi connectivity index (χ1) is 12.7. The predicted octanol–water partition coefficient (Wildman–Crippen LogP) is 3.52. The first-order valence-corrected chi connectivity index (χ1v) is 9.28. The number of pyridine rings is 1. The van der Waals surface area contributed by atoms with E-state index in [1.54, 1.807) is 23.2 Å². The lowest BCUT2D eigenvalue weighted by Gasteiger charge is -2.22. The van der Waals surface area contributed by atoms with Crippen LogP contribution in [-0.2, 0) is 11.3 Å². The average molecular weight is 363 g/mol. The second kappa shape index (κ2) is 7.09. The van der Waals surface area contributed by atoms with E-state index in [1.807, 2.05) is 47.2 Å². The van der Waals surface area contributed by atoms with Gasteiger partial charge in [0.25, 0.3) is 5.91 Å². The number of hydrogen-bond acceptors (Lipinski definition) is 4. The second-order valence-corrected chi connectivity index (χ2v) is 6.94. The Morgan fingerprint density at radius 1 is 1.19 bits per heavy atom. The third kappa shape index (κ3) is 3.23. The normalized spacial score (nSPS) is 14.2. The van der Waals surface area contributed by atoms with Crippen molar-refractivity contribution < 1.29 is 9.59 Å². The van der Waals surface area contributed by atoms with E-state index in [0.717, 1.165) is 16.7 Å². The Hall–Kier alpha value is -2.99. The maximum atomic E-state index is 12.9. The summed E-state index contributed by atoms with van der Waals surface area (Å²) in [6.45, 7) is 0.870. The van der Waals surface area contributed by atoms with Gasteiger partial charge >= 0.3 is 0 Å². The SMILES string of the molecule is O=C(Nc1ccccn1)C(CN1Cc2ccccc2C1=O)c1ccsc1. The Morgan fingerprint density at radius 3 is 2.77 bits per heavy atom. The third-order valence-corrected chi connectivity index (χ3v) is 5.18. The molecule has 1 aromatic carbocycles. The zero-order valence-corrected chi connectivity index (χ0v) is 14.8. The second-order valence-electron chi connectivity index (χ2n) is 6.16. The number of fused-ring (bicyclic) bond motifs is 1. The fourth-order valence-corrected chi connectivity index (χ4v) is 3.86. The lowest BCUT2D eigenvalue weighted by molar-refractivity contribution is -0.117. The van der Waals surface area contributed by atoms with Gasteiger partial charge in [0, 0.05) is 24.8 Å². The largest absolute Gasteiger partial charge is 0.333 e. The number of nitrogens with zero attached hydrogens (tertiary/aromatic N) is 2. The lowest BCUT2D eigenvalue weighted by Crippen LogP contribution is -2.34. The first kappa shape index (κ1) is 16.5. The van der Waals surface area contributed by atoms with Crippen LogP contribution < -0.4 is 5.32 Å². The summed E-state index contributed by atoms with van der Waals surface area (Å²) in [6.07, 6.45) is 1.63. The maximum Gasteiger partial charge on any atom is 0.254 e. The summed E-state index contributed by atoms with van der Waals surface area (Å²) in [5.74, 6) is -0.118. The zero-order chi connectivity index (χ0) is 17.9. The number of hydrogen-bond donors (Lipinski definition) is 1. The first-order valence-electron chi connectivity index (χ1n) is 8.33. The van der Waals surface area contributed by atoms with Crippen molar-refractivity contribution >= 4 is 29.0 Å². The molecule has 1 atom stereocenters. The van der Waals surface area contributed by atoms with Gasteiger partial charge in [0.2, 0.25) is 5.91 Å². The molecular formula is C20H17N3O2S. The number of carbonyl (C=O) groups excluding carboxylic acids is 2. The molecule has 6 heteroatoms. The molecule has 130 valence electrons. The molecule has 2 aromatic heterocycles. The van der Waals surface area contributed by atoms with Crippen LogP contribution in [0.4, 0.5) is 5.82 Å². The summed E-state index contributed by atoms with van der Waals surface area (Å²) in [5, 5.41) is 6.75. The van der Waals surface area contributed by atoms with E-state index in [-0.39, 0.29) is 11.8 Å². The Kier molecular flexibility index (Phi) is 4.50. The molecule has 1 aliphatic rings. The molecule has 0 bridgehead atoms. The zero-order valence-electron chi connectivity index (χ0n) is 14.0. The van der Waals surface area contributed by atoms with Crippen molar-refractivity contribution in [2.24, 2.45) is 0 Å². The molecule has 26 heavy (non-hydrogen) atoms. The Labute approximate surface area is 155 Å². The van der Waals surface area contributed by atoms with E-state index in [9.17, 15) is 9.59 Å². The van der Waals surface area contributed by atoms with E-state index in [4.69, 9.17) is 0 Å². The number of benzene rings is 1. The molecule has 2 amide bonds. The molecule has 1 aliphatic heterocycles. The van der Waals surface area contributed by atoms with Gasteiger partial charge in [0.1, 0.15) is 5.82 Å². The van der Waals surface area contributed by atoms with Gasteiger partial charge in [0.05, 0.1) is 5.92 Å². The molecular weight excluding hydrogens is 346 g/mol. The molecule has 4 rings (SSSR count). The Morgan fingerprint density at radius 2 is 2.04 bits per heavy atom. The molecule has 0 radical (unpaired) electrons. The highest BCUT2D eigenvalue weighted by Gasteiger charge is 2.32. The molecule has 0 aliphatic carbocycles. The van der Waals surface area contributed by atoms with Crippen LogP contribution in [0.15, 0.2) is 65.5 Å². The molecule has 5 nitrogen and oxygen atoms in total. The molecule has 3 heterocycles. The van der Waals surface area contributed by atoms with Gasteiger partial charge < -0.3 is 10.2 Å². The summed E-state index contributed by atoms with van der Waals surface area (Å²) in [6, 6.07) is 14.9. The van der Waals surface area contributed by atoms with Gasteiger partial charge in [-0.3, -0.25) is 9.59 Å². The smallest absolute Gasteiger partial charge is 0.254 e. The van der Waals surface area contributed by atoms with Crippen molar-refractivity contribution in [1.29, 1.82) is 0 Å². The van der Waals surface area contributed by atoms with E-state index >= 15 is 0 Å². The van der Waals surface area contributed by atoms with Gasteiger partial charge in [-0.05, 0) is 46.2 Å². The molecule has 0 fully saturated rings. The van der Waals surface area contributed by atoms with E-state index in [1.165, 1.54) is 11.3 Å². The van der Waals surface area contributed by atoms with E-state index in [0.29, 0.717) is 18.9 Å². The van der Waals surface area contributed by atoms with Crippen LogP contribution >= 0.6 is 11.3 Å². The van der Waals surface area contributed by atoms with Crippen molar-refractivity contribution in [2.45, 2.75) is 12.5 Å². The van der Waals surface area contributed by atoms with Gasteiger partial charge in [-0.1, -0.05) is 24.3 Å². The minimum Gasteiger partial charge on any atom is -0.333 e. The van der Waals surface area contributed by atoms with Crippen LogP contribution in [0.2, 0.25) is 0 Å². The van der Waals surface area contributed by atoms with Gasteiger partial charge in [-0.15, -0.1) is 0 Å². The molecule has 3 aromatic rings. The summed E-state index contributed by atoms with van der Waals surface area (Å²) in [4.78, 5) is 31.5. The van der Waals surface area contributed by atoms with Crippen molar-refractivity contribution in [3.63, 3.8) is 0 Å². The number of rotatable bonds is 5. The minimum absolute atomic E-state index is 0.0218. The van der Waals surface area contributed by atoms with Gasteiger partial charge in [-0.2, -0.15) is 11.3 Å². The fourth-order valence-electron chi connectivity index (χ4n) is 3.15. The van der Waals surface area contributed by atoms with Gasteiger partial charge in [0.15, 0.2) is 0 Å². The van der Waals surface area contributed by atoms with Crippen molar-refractivity contribution in [3.8, 4) is 0 Å². The predicted molar refractivity (Wildman–Crippen MR) is 101 cm³/mol. The number of nitrogens with one attached hydrogen (secondary N) is 1. The van der Waals surface area contributed by atoms with Crippen molar-refractivity contribution in [3.05, 3.63) is 82.2 Å². The maximum absolute atomic E-state index is 12.9. The number of thiophene rings is 1. The van der Waals surface area contributed by atoms with Crippen LogP contribution in [0.3, 0.4) is 0 Å². The van der Waals surface area contributed by atoms with E-state index in [2.05, 4.69) is 10.3 Å². The Balaban J connectivity index is 1.55. The molecule has 0 saturated carbocycles. The van der Waals surface area contributed by atoms with Crippen LogP contribution in [0.25, 0.3) is 0 Å². The summed E-state index contributed by atoms with van der Waals surface area (Å²) in [5.41, 5.74) is 2.64. The number of anilines is 1. The van der Waals surface area contributed by atoms with E-state index < -0.39 is 5.92 Å². The van der Waals surface area contributed by atoms with Crippen LogP contribution in [0.1, 0.15) is 27.4 Å². The standard InChI is InChI=1S/C20H17N3O2S/c24-19(22-18-7-3-4-9-21-18)17(15-8-10-26-13-15)12-23-11-14-5-1-2-6-16(14)20(23)25/h1-10,13,17H,11-12H2,(H,21,22,24). The number of carbonyl (C=O) groups is 2. The number of amides is 2. The monoisotopic (exact) mass is 363 g/mol. The van der Waals surface area contributed by atoms with Crippen LogP contribution in [0.5, 0.6) is 0 Å². The molecule has 1 N–H and O–H groups in total. The molecule has 0 spiro atoms. The highest BCUT2D eigenvalue weighted by atomic mass is 32.1. The van der Waals surface area contributed by atoms with Crippen LogP contribution in [0, 0.1) is 0 Å². The molecule has 0 saturated heterocycles. The topological polar surface area (TPSA) is 62.3 Å². The summed E-state index contributed by atoms with van der Waals surface area (Å²) >= 11 is 1.54. The molecule has 1 unspecified atom stereocenters. The van der Waals surface area contributed by atoms with Crippen molar-refractivity contribution in [2.75, 3.05) is 11.9 Å². The summed E-state index contributed by atoms with van der Waals surface area (Å²) < 4.78 is 0. The van der Waals surface area contributed by atoms with Crippen molar-refractivity contribution in [1.82, 2.24) is 9.88 Å². The fraction of sp³-hybridized carbons (Fsp3) is 0.150. The number of aromatic nitrogens is 1. The highest BCUT2D eigenvalue weighted by molar-refractivity contribution is 7.08. The quantitative estimate of drug-likeness (QED) is 0.754. The minimum atomic E-state index is -0.443. The average Bonchev–Trinajstić information content (AvgIpc) is 3.29. The summed E-state index contributed by atoms with van der Waals surface area (Å²) in [7, 11) is 0. The lowest BCUT2D eigenvalue weighted by atomic mass is 10.0.